The largest absolute Gasteiger partial charge is 0.497 e. The van der Waals surface area contributed by atoms with Gasteiger partial charge in [0.2, 0.25) is 0 Å². The minimum absolute atomic E-state index is 0.0398. The summed E-state index contributed by atoms with van der Waals surface area (Å²) in [5, 5.41) is 10.2. The van der Waals surface area contributed by atoms with E-state index in [0.717, 1.165) is 6.42 Å². The third kappa shape index (κ3) is 2.44. The summed E-state index contributed by atoms with van der Waals surface area (Å²) in [6.07, 6.45) is 1.62. The lowest BCUT2D eigenvalue weighted by Gasteiger charge is -2.24. The molecule has 0 bridgehead atoms. The number of aliphatic hydroxyl groups excluding tert-OH is 1. The van der Waals surface area contributed by atoms with Gasteiger partial charge < -0.3 is 9.84 Å². The summed E-state index contributed by atoms with van der Waals surface area (Å²) in [7, 11) is 1.51. The fourth-order valence-electron chi connectivity index (χ4n) is 2.51. The molecule has 1 N–H and O–H groups in total. The van der Waals surface area contributed by atoms with Crippen LogP contribution in [0.5, 0.6) is 5.75 Å². The van der Waals surface area contributed by atoms with Gasteiger partial charge in [0.05, 0.1) is 13.2 Å². The number of rotatable bonds is 1. The molecule has 0 radical (unpaired) electrons. The van der Waals surface area contributed by atoms with Gasteiger partial charge in [0.1, 0.15) is 11.6 Å². The van der Waals surface area contributed by atoms with Gasteiger partial charge in [-0.2, -0.15) is 0 Å². The van der Waals surface area contributed by atoms with Crippen LogP contribution in [-0.2, 0) is 6.42 Å². The van der Waals surface area contributed by atoms with Gasteiger partial charge in [-0.1, -0.05) is 13.8 Å². The second-order valence-electron chi connectivity index (χ2n) is 5.56. The van der Waals surface area contributed by atoms with E-state index in [-0.39, 0.29) is 11.2 Å². The van der Waals surface area contributed by atoms with Gasteiger partial charge in [-0.3, -0.25) is 0 Å². The first-order valence-corrected chi connectivity index (χ1v) is 5.97. The Morgan fingerprint density at radius 1 is 1.41 bits per heavy atom. The standard InChI is InChI=1S/C14H19FO2/c1-14(2)5-4-10-11(13(16)8-14)6-9(17-3)7-12(10)15/h6-7,13,16H,4-5,8H2,1-3H3. The molecule has 1 aliphatic carbocycles. The lowest BCUT2D eigenvalue weighted by atomic mass is 9.84. The smallest absolute Gasteiger partial charge is 0.130 e. The van der Waals surface area contributed by atoms with E-state index < -0.39 is 6.10 Å². The van der Waals surface area contributed by atoms with Crippen molar-refractivity contribution in [1.82, 2.24) is 0 Å². The Balaban J connectivity index is 2.47. The molecule has 3 heteroatoms. The first-order valence-electron chi connectivity index (χ1n) is 5.97. The van der Waals surface area contributed by atoms with E-state index >= 15 is 0 Å². The summed E-state index contributed by atoms with van der Waals surface area (Å²) < 4.78 is 19.0. The van der Waals surface area contributed by atoms with Crippen LogP contribution in [0.1, 0.15) is 43.9 Å². The molecule has 0 aliphatic heterocycles. The molecule has 0 heterocycles. The number of benzene rings is 1. The van der Waals surface area contributed by atoms with Crippen LogP contribution in [0, 0.1) is 11.2 Å². The Hall–Kier alpha value is -1.09. The molecular formula is C14H19FO2. The fourth-order valence-corrected chi connectivity index (χ4v) is 2.51. The molecule has 94 valence electrons. The summed E-state index contributed by atoms with van der Waals surface area (Å²) >= 11 is 0. The highest BCUT2D eigenvalue weighted by atomic mass is 19.1. The van der Waals surface area contributed by atoms with E-state index in [2.05, 4.69) is 13.8 Å². The summed E-state index contributed by atoms with van der Waals surface area (Å²) in [4.78, 5) is 0. The second-order valence-corrected chi connectivity index (χ2v) is 5.56. The molecule has 1 aliphatic rings. The van der Waals surface area contributed by atoms with Crippen LogP contribution in [0.2, 0.25) is 0 Å². The van der Waals surface area contributed by atoms with Crippen molar-refractivity contribution < 1.29 is 14.2 Å². The van der Waals surface area contributed by atoms with Gasteiger partial charge >= 0.3 is 0 Å². The molecule has 0 saturated carbocycles. The van der Waals surface area contributed by atoms with Crippen molar-refractivity contribution in [3.63, 3.8) is 0 Å². The normalized spacial score (nSPS) is 22.8. The summed E-state index contributed by atoms with van der Waals surface area (Å²) in [6.45, 7) is 4.22. The molecule has 0 spiro atoms. The van der Waals surface area contributed by atoms with Crippen LogP contribution >= 0.6 is 0 Å². The third-order valence-electron chi connectivity index (χ3n) is 3.60. The lowest BCUT2D eigenvalue weighted by Crippen LogP contribution is -2.13. The summed E-state index contributed by atoms with van der Waals surface area (Å²) in [5.41, 5.74) is 1.37. The number of hydrogen-bond donors (Lipinski definition) is 1. The molecule has 2 rings (SSSR count). The van der Waals surface area contributed by atoms with Crippen molar-refractivity contribution in [3.8, 4) is 5.75 Å². The highest BCUT2D eigenvalue weighted by Gasteiger charge is 2.30. The molecule has 1 aromatic carbocycles. The van der Waals surface area contributed by atoms with Crippen molar-refractivity contribution in [2.45, 2.75) is 39.2 Å². The molecule has 1 unspecified atom stereocenters. The predicted molar refractivity (Wildman–Crippen MR) is 64.6 cm³/mol. The molecule has 0 saturated heterocycles. The Kier molecular flexibility index (Phi) is 3.13. The molecule has 1 aromatic rings. The zero-order chi connectivity index (χ0) is 12.6. The van der Waals surface area contributed by atoms with E-state index in [4.69, 9.17) is 4.74 Å². The zero-order valence-corrected chi connectivity index (χ0v) is 10.6. The molecule has 1 atom stereocenters. The molecular weight excluding hydrogens is 219 g/mol. The molecule has 17 heavy (non-hydrogen) atoms. The topological polar surface area (TPSA) is 29.5 Å². The minimum Gasteiger partial charge on any atom is -0.497 e. The number of ether oxygens (including phenoxy) is 1. The van der Waals surface area contributed by atoms with Crippen LogP contribution in [0.3, 0.4) is 0 Å². The Bertz CT molecular complexity index is 426. The van der Waals surface area contributed by atoms with Gasteiger partial charge in [0.15, 0.2) is 0 Å². The van der Waals surface area contributed by atoms with Gasteiger partial charge in [0.25, 0.3) is 0 Å². The van der Waals surface area contributed by atoms with Crippen LogP contribution in [0.25, 0.3) is 0 Å². The van der Waals surface area contributed by atoms with E-state index in [1.807, 2.05) is 0 Å². The third-order valence-corrected chi connectivity index (χ3v) is 3.60. The predicted octanol–water partition coefficient (Wildman–Crippen LogP) is 3.23. The van der Waals surface area contributed by atoms with Gasteiger partial charge in [-0.25, -0.2) is 4.39 Å². The average Bonchev–Trinajstić information content (AvgIpc) is 2.36. The monoisotopic (exact) mass is 238 g/mol. The molecule has 0 aromatic heterocycles. The first kappa shape index (κ1) is 12.4. The number of hydrogen-bond acceptors (Lipinski definition) is 2. The van der Waals surface area contributed by atoms with Crippen molar-refractivity contribution >= 4 is 0 Å². The minimum atomic E-state index is -0.605. The van der Waals surface area contributed by atoms with E-state index in [1.165, 1.54) is 13.2 Å². The Morgan fingerprint density at radius 3 is 2.76 bits per heavy atom. The van der Waals surface area contributed by atoms with Gasteiger partial charge in [-0.15, -0.1) is 0 Å². The number of aliphatic hydroxyl groups is 1. The SMILES string of the molecule is COc1cc(F)c2c(c1)C(O)CC(C)(C)CC2. The van der Waals surface area contributed by atoms with Crippen molar-refractivity contribution in [3.05, 3.63) is 29.1 Å². The van der Waals surface area contributed by atoms with E-state index in [1.54, 1.807) is 6.07 Å². The Labute approximate surface area is 101 Å². The average molecular weight is 238 g/mol. The van der Waals surface area contributed by atoms with Crippen LogP contribution in [0.15, 0.2) is 12.1 Å². The molecule has 0 amide bonds. The van der Waals surface area contributed by atoms with E-state index in [9.17, 15) is 9.50 Å². The van der Waals surface area contributed by atoms with E-state index in [0.29, 0.717) is 29.7 Å². The van der Waals surface area contributed by atoms with Gasteiger partial charge in [-0.05, 0) is 41.9 Å². The van der Waals surface area contributed by atoms with Gasteiger partial charge in [0, 0.05) is 6.07 Å². The molecule has 0 fully saturated rings. The maximum absolute atomic E-state index is 13.9. The molecule has 2 nitrogen and oxygen atoms in total. The Morgan fingerprint density at radius 2 is 2.12 bits per heavy atom. The maximum atomic E-state index is 13.9. The number of fused-ring (bicyclic) bond motifs is 1. The van der Waals surface area contributed by atoms with Crippen molar-refractivity contribution in [2.24, 2.45) is 5.41 Å². The first-order chi connectivity index (χ1) is 7.93. The number of methoxy groups -OCH3 is 1. The van der Waals surface area contributed by atoms with Crippen LogP contribution in [0.4, 0.5) is 4.39 Å². The highest BCUT2D eigenvalue weighted by molar-refractivity contribution is 5.39. The van der Waals surface area contributed by atoms with Crippen LogP contribution < -0.4 is 4.74 Å². The zero-order valence-electron chi connectivity index (χ0n) is 10.6. The van der Waals surface area contributed by atoms with Crippen molar-refractivity contribution in [2.75, 3.05) is 7.11 Å². The van der Waals surface area contributed by atoms with Crippen LogP contribution in [-0.4, -0.2) is 12.2 Å². The fraction of sp³-hybridized carbons (Fsp3) is 0.571. The quantitative estimate of drug-likeness (QED) is 0.761. The highest BCUT2D eigenvalue weighted by Crippen LogP contribution is 2.41. The summed E-state index contributed by atoms with van der Waals surface area (Å²) in [6, 6.07) is 3.15. The summed E-state index contributed by atoms with van der Waals surface area (Å²) in [5.74, 6) is 0.205. The second kappa shape index (κ2) is 4.30. The number of halogens is 1. The lowest BCUT2D eigenvalue weighted by molar-refractivity contribution is 0.116. The van der Waals surface area contributed by atoms with Crippen molar-refractivity contribution in [1.29, 1.82) is 0 Å². The maximum Gasteiger partial charge on any atom is 0.130 e.